The number of ether oxygens (including phenoxy) is 1. The summed E-state index contributed by atoms with van der Waals surface area (Å²) in [5, 5.41) is 3.55. The molecule has 1 aliphatic carbocycles. The predicted octanol–water partition coefficient (Wildman–Crippen LogP) is 3.47. The molecule has 1 aromatic carbocycles. The maximum absolute atomic E-state index is 13.7. The zero-order valence-electron chi connectivity index (χ0n) is 11.2. The topological polar surface area (TPSA) is 21.3 Å². The van der Waals surface area contributed by atoms with E-state index in [4.69, 9.17) is 4.74 Å². The average Bonchev–Trinajstić information content (AvgIpc) is 2.85. The first-order valence-corrected chi connectivity index (χ1v) is 6.81. The molecule has 2 unspecified atom stereocenters. The summed E-state index contributed by atoms with van der Waals surface area (Å²) in [7, 11) is 1.50. The molecule has 1 saturated carbocycles. The van der Waals surface area contributed by atoms with Crippen molar-refractivity contribution in [1.29, 1.82) is 0 Å². The Kier molecular flexibility index (Phi) is 4.59. The fraction of sp³-hybridized carbons (Fsp3) is 0.600. The molecular formula is C15H22FNO. The lowest BCUT2D eigenvalue weighted by atomic mass is 9.97. The van der Waals surface area contributed by atoms with Gasteiger partial charge < -0.3 is 10.1 Å². The molecule has 3 heteroatoms. The van der Waals surface area contributed by atoms with Crippen molar-refractivity contribution in [2.75, 3.05) is 13.7 Å². The molecule has 1 aliphatic rings. The first kappa shape index (κ1) is 13.3. The number of benzene rings is 1. The van der Waals surface area contributed by atoms with Crippen molar-refractivity contribution in [3.05, 3.63) is 29.6 Å². The fourth-order valence-corrected chi connectivity index (χ4v) is 2.75. The van der Waals surface area contributed by atoms with E-state index in [1.54, 1.807) is 12.1 Å². The van der Waals surface area contributed by atoms with Crippen molar-refractivity contribution in [3.63, 3.8) is 0 Å². The van der Waals surface area contributed by atoms with Crippen LogP contribution in [0.2, 0.25) is 0 Å². The summed E-state index contributed by atoms with van der Waals surface area (Å²) in [6.45, 7) is 3.26. The highest BCUT2D eigenvalue weighted by molar-refractivity contribution is 5.31. The van der Waals surface area contributed by atoms with Crippen LogP contribution in [0.4, 0.5) is 4.39 Å². The lowest BCUT2D eigenvalue weighted by Gasteiger charge is -2.13. The lowest BCUT2D eigenvalue weighted by Crippen LogP contribution is -2.26. The number of nitrogens with one attached hydrogen (secondary N) is 1. The van der Waals surface area contributed by atoms with Crippen molar-refractivity contribution >= 4 is 0 Å². The number of hydrogen-bond acceptors (Lipinski definition) is 2. The number of rotatable bonds is 5. The van der Waals surface area contributed by atoms with Gasteiger partial charge >= 0.3 is 0 Å². The van der Waals surface area contributed by atoms with E-state index in [0.717, 1.165) is 24.9 Å². The van der Waals surface area contributed by atoms with Gasteiger partial charge in [0.1, 0.15) is 0 Å². The van der Waals surface area contributed by atoms with E-state index in [1.165, 1.54) is 20.0 Å². The molecule has 2 rings (SSSR count). The Balaban J connectivity index is 1.98. The fourth-order valence-electron chi connectivity index (χ4n) is 2.75. The third-order valence-electron chi connectivity index (χ3n) is 3.76. The first-order chi connectivity index (χ1) is 8.74. The van der Waals surface area contributed by atoms with Gasteiger partial charge in [-0.15, -0.1) is 0 Å². The standard InChI is InChI=1S/C15H22FNO/c1-3-8-17-13-6-4-11(9-13)12-5-7-15(18-2)14(16)10-12/h5,7,10-11,13,17H,3-4,6,8-9H2,1-2H3. The van der Waals surface area contributed by atoms with E-state index in [2.05, 4.69) is 12.2 Å². The molecule has 1 aromatic rings. The van der Waals surface area contributed by atoms with Gasteiger partial charge in [0.15, 0.2) is 11.6 Å². The van der Waals surface area contributed by atoms with Crippen LogP contribution < -0.4 is 10.1 Å². The van der Waals surface area contributed by atoms with Crippen LogP contribution in [0.1, 0.15) is 44.1 Å². The van der Waals surface area contributed by atoms with Gasteiger partial charge in [-0.05, 0) is 55.8 Å². The largest absolute Gasteiger partial charge is 0.494 e. The Morgan fingerprint density at radius 3 is 2.89 bits per heavy atom. The Labute approximate surface area is 109 Å². The van der Waals surface area contributed by atoms with Gasteiger partial charge in [-0.2, -0.15) is 0 Å². The minimum atomic E-state index is -0.250. The van der Waals surface area contributed by atoms with Crippen molar-refractivity contribution in [2.24, 2.45) is 0 Å². The second-order valence-electron chi connectivity index (χ2n) is 5.06. The molecule has 0 aliphatic heterocycles. The van der Waals surface area contributed by atoms with Crippen LogP contribution in [0.5, 0.6) is 5.75 Å². The summed E-state index contributed by atoms with van der Waals surface area (Å²) in [5.74, 6) is 0.567. The molecule has 100 valence electrons. The highest BCUT2D eigenvalue weighted by atomic mass is 19.1. The van der Waals surface area contributed by atoms with Gasteiger partial charge in [0.2, 0.25) is 0 Å². The molecule has 0 bridgehead atoms. The molecule has 2 nitrogen and oxygen atoms in total. The predicted molar refractivity (Wildman–Crippen MR) is 71.6 cm³/mol. The van der Waals surface area contributed by atoms with Crippen molar-refractivity contribution in [3.8, 4) is 5.75 Å². The van der Waals surface area contributed by atoms with E-state index >= 15 is 0 Å². The molecule has 0 saturated heterocycles. The monoisotopic (exact) mass is 251 g/mol. The van der Waals surface area contributed by atoms with Gasteiger partial charge in [-0.25, -0.2) is 4.39 Å². The first-order valence-electron chi connectivity index (χ1n) is 6.81. The molecule has 0 radical (unpaired) electrons. The molecule has 2 atom stereocenters. The van der Waals surface area contributed by atoms with E-state index in [0.29, 0.717) is 17.7 Å². The lowest BCUT2D eigenvalue weighted by molar-refractivity contribution is 0.386. The van der Waals surface area contributed by atoms with Gasteiger partial charge in [0.25, 0.3) is 0 Å². The molecular weight excluding hydrogens is 229 g/mol. The third kappa shape index (κ3) is 3.02. The zero-order valence-corrected chi connectivity index (χ0v) is 11.2. The summed E-state index contributed by atoms with van der Waals surface area (Å²) < 4.78 is 18.6. The quantitative estimate of drug-likeness (QED) is 0.865. The highest BCUT2D eigenvalue weighted by Crippen LogP contribution is 2.35. The van der Waals surface area contributed by atoms with Crippen molar-refractivity contribution < 1.29 is 9.13 Å². The van der Waals surface area contributed by atoms with Crippen LogP contribution in [-0.4, -0.2) is 19.7 Å². The molecule has 0 aromatic heterocycles. The highest BCUT2D eigenvalue weighted by Gasteiger charge is 2.25. The average molecular weight is 251 g/mol. The molecule has 1 fully saturated rings. The van der Waals surface area contributed by atoms with Gasteiger partial charge in [-0.3, -0.25) is 0 Å². The van der Waals surface area contributed by atoms with E-state index in [-0.39, 0.29) is 5.82 Å². The van der Waals surface area contributed by atoms with Crippen LogP contribution >= 0.6 is 0 Å². The minimum Gasteiger partial charge on any atom is -0.494 e. The molecule has 1 N–H and O–H groups in total. The second-order valence-corrected chi connectivity index (χ2v) is 5.06. The van der Waals surface area contributed by atoms with Crippen molar-refractivity contribution in [2.45, 2.75) is 44.6 Å². The summed E-state index contributed by atoms with van der Waals surface area (Å²) in [6, 6.07) is 5.96. The summed E-state index contributed by atoms with van der Waals surface area (Å²) in [4.78, 5) is 0. The number of methoxy groups -OCH3 is 1. The van der Waals surface area contributed by atoms with Crippen LogP contribution in [0.15, 0.2) is 18.2 Å². The molecule has 0 amide bonds. The maximum Gasteiger partial charge on any atom is 0.165 e. The molecule has 0 spiro atoms. The number of hydrogen-bond donors (Lipinski definition) is 1. The van der Waals surface area contributed by atoms with E-state index < -0.39 is 0 Å². The summed E-state index contributed by atoms with van der Waals surface area (Å²) in [5.41, 5.74) is 1.11. The van der Waals surface area contributed by atoms with Crippen LogP contribution in [0, 0.1) is 5.82 Å². The number of halogens is 1. The SMILES string of the molecule is CCCNC1CCC(c2ccc(OC)c(F)c2)C1. The van der Waals surface area contributed by atoms with Gasteiger partial charge in [0.05, 0.1) is 7.11 Å². The van der Waals surface area contributed by atoms with E-state index in [9.17, 15) is 4.39 Å². The Morgan fingerprint density at radius 1 is 1.39 bits per heavy atom. The zero-order chi connectivity index (χ0) is 13.0. The second kappa shape index (κ2) is 6.19. The van der Waals surface area contributed by atoms with Crippen LogP contribution in [0.3, 0.4) is 0 Å². The minimum absolute atomic E-state index is 0.250. The maximum atomic E-state index is 13.7. The van der Waals surface area contributed by atoms with Crippen LogP contribution in [0.25, 0.3) is 0 Å². The Bertz CT molecular complexity index is 394. The van der Waals surface area contributed by atoms with E-state index in [1.807, 2.05) is 6.07 Å². The van der Waals surface area contributed by atoms with Crippen LogP contribution in [-0.2, 0) is 0 Å². The summed E-state index contributed by atoms with van der Waals surface area (Å²) >= 11 is 0. The van der Waals surface area contributed by atoms with Gasteiger partial charge in [0, 0.05) is 6.04 Å². The Hall–Kier alpha value is -1.09. The molecule has 0 heterocycles. The summed E-state index contributed by atoms with van der Waals surface area (Å²) in [6.07, 6.45) is 4.62. The smallest absolute Gasteiger partial charge is 0.165 e. The third-order valence-corrected chi connectivity index (χ3v) is 3.76. The molecule has 18 heavy (non-hydrogen) atoms. The normalized spacial score (nSPS) is 23.3. The van der Waals surface area contributed by atoms with Gasteiger partial charge in [-0.1, -0.05) is 13.0 Å². The Morgan fingerprint density at radius 2 is 2.22 bits per heavy atom. The van der Waals surface area contributed by atoms with Crippen molar-refractivity contribution in [1.82, 2.24) is 5.32 Å².